The third kappa shape index (κ3) is 1.99. The Hall–Kier alpha value is -2.16. The molecular weight excluding hydrogens is 246 g/mol. The smallest absolute Gasteiger partial charge is 0.147 e. The maximum atomic E-state index is 4.81. The highest BCUT2D eigenvalue weighted by Crippen LogP contribution is 2.23. The highest BCUT2D eigenvalue weighted by atomic mass is 15.2. The van der Waals surface area contributed by atoms with Gasteiger partial charge in [-0.3, -0.25) is 4.98 Å². The van der Waals surface area contributed by atoms with Gasteiger partial charge >= 0.3 is 0 Å². The van der Waals surface area contributed by atoms with Gasteiger partial charge in [-0.1, -0.05) is 24.3 Å². The van der Waals surface area contributed by atoms with Crippen LogP contribution in [-0.2, 0) is 0 Å². The van der Waals surface area contributed by atoms with Crippen molar-refractivity contribution in [2.24, 2.45) is 0 Å². The maximum Gasteiger partial charge on any atom is 0.147 e. The molecule has 0 unspecified atom stereocenters. The number of rotatable bonds is 1. The van der Waals surface area contributed by atoms with Gasteiger partial charge in [0, 0.05) is 13.1 Å². The predicted octanol–water partition coefficient (Wildman–Crippen LogP) is 3.77. The Labute approximate surface area is 118 Å². The molecule has 4 rings (SSSR count). The van der Waals surface area contributed by atoms with Gasteiger partial charge in [0.15, 0.2) is 0 Å². The van der Waals surface area contributed by atoms with E-state index in [4.69, 9.17) is 4.98 Å². The summed E-state index contributed by atoms with van der Waals surface area (Å²) in [5.74, 6) is 1.02. The van der Waals surface area contributed by atoms with Gasteiger partial charge in [0.25, 0.3) is 0 Å². The van der Waals surface area contributed by atoms with Gasteiger partial charge in [-0.25, -0.2) is 4.98 Å². The molecule has 1 saturated heterocycles. The van der Waals surface area contributed by atoms with E-state index in [-0.39, 0.29) is 0 Å². The van der Waals surface area contributed by atoms with Gasteiger partial charge in [-0.2, -0.15) is 0 Å². The first-order chi connectivity index (χ1) is 9.90. The van der Waals surface area contributed by atoms with E-state index in [9.17, 15) is 0 Å². The van der Waals surface area contributed by atoms with E-state index in [1.54, 1.807) is 0 Å². The van der Waals surface area contributed by atoms with Crippen LogP contribution in [0.2, 0.25) is 0 Å². The molecule has 1 aliphatic heterocycles. The zero-order chi connectivity index (χ0) is 13.4. The van der Waals surface area contributed by atoms with Gasteiger partial charge in [-0.15, -0.1) is 0 Å². The zero-order valence-corrected chi connectivity index (χ0v) is 11.4. The van der Waals surface area contributed by atoms with Crippen molar-refractivity contribution in [1.82, 2.24) is 9.97 Å². The molecule has 0 bridgehead atoms. The maximum absolute atomic E-state index is 4.81. The summed E-state index contributed by atoms with van der Waals surface area (Å²) in [6, 6.07) is 12.6. The Bertz CT molecular complexity index is 760. The Morgan fingerprint density at radius 1 is 0.850 bits per heavy atom. The number of fused-ring (bicyclic) bond motifs is 2. The second kappa shape index (κ2) is 4.75. The second-order valence-corrected chi connectivity index (χ2v) is 5.46. The van der Waals surface area contributed by atoms with Crippen LogP contribution in [-0.4, -0.2) is 23.1 Å². The molecule has 2 heterocycles. The van der Waals surface area contributed by atoms with Crippen molar-refractivity contribution in [1.29, 1.82) is 0 Å². The normalized spacial score (nSPS) is 15.9. The van der Waals surface area contributed by atoms with E-state index < -0.39 is 0 Å². The molecule has 3 heteroatoms. The lowest BCUT2D eigenvalue weighted by molar-refractivity contribution is 0.573. The summed E-state index contributed by atoms with van der Waals surface area (Å²) in [6.45, 7) is 2.21. The van der Waals surface area contributed by atoms with Crippen LogP contribution in [0, 0.1) is 0 Å². The largest absolute Gasteiger partial charge is 0.355 e. The summed E-state index contributed by atoms with van der Waals surface area (Å²) < 4.78 is 0. The molecule has 3 aromatic rings. The lowest BCUT2D eigenvalue weighted by atomic mass is 10.1. The number of nitrogens with zero attached hydrogens (tertiary/aromatic N) is 3. The molecule has 0 aliphatic carbocycles. The Kier molecular flexibility index (Phi) is 2.76. The van der Waals surface area contributed by atoms with Crippen molar-refractivity contribution in [3.63, 3.8) is 0 Å². The van der Waals surface area contributed by atoms with E-state index in [1.807, 2.05) is 6.20 Å². The van der Waals surface area contributed by atoms with Crippen LogP contribution in [0.5, 0.6) is 0 Å². The van der Waals surface area contributed by atoms with Gasteiger partial charge in [0.1, 0.15) is 5.82 Å². The SMILES string of the molecule is c1ccc2cc3nc(N4CCCCC4)cnc3cc2c1. The van der Waals surface area contributed by atoms with Crippen molar-refractivity contribution >= 4 is 27.6 Å². The molecule has 0 N–H and O–H groups in total. The fourth-order valence-corrected chi connectivity index (χ4v) is 2.96. The summed E-state index contributed by atoms with van der Waals surface area (Å²) in [4.78, 5) is 11.8. The summed E-state index contributed by atoms with van der Waals surface area (Å²) in [5.41, 5.74) is 1.97. The van der Waals surface area contributed by atoms with Crippen molar-refractivity contribution < 1.29 is 0 Å². The number of piperidine rings is 1. The molecule has 20 heavy (non-hydrogen) atoms. The summed E-state index contributed by atoms with van der Waals surface area (Å²) >= 11 is 0. The van der Waals surface area contributed by atoms with Gasteiger partial charge in [0.05, 0.1) is 17.2 Å². The average molecular weight is 263 g/mol. The molecule has 0 radical (unpaired) electrons. The first-order valence-corrected chi connectivity index (χ1v) is 7.31. The van der Waals surface area contributed by atoms with Gasteiger partial charge < -0.3 is 4.90 Å². The molecule has 100 valence electrons. The topological polar surface area (TPSA) is 29.0 Å². The Morgan fingerprint density at radius 3 is 2.30 bits per heavy atom. The van der Waals surface area contributed by atoms with Crippen molar-refractivity contribution in [3.8, 4) is 0 Å². The van der Waals surface area contributed by atoms with E-state index in [0.717, 1.165) is 29.9 Å². The van der Waals surface area contributed by atoms with Gasteiger partial charge in [-0.05, 0) is 42.2 Å². The first kappa shape index (κ1) is 11.6. The highest BCUT2D eigenvalue weighted by molar-refractivity contribution is 5.95. The molecule has 0 spiro atoms. The standard InChI is InChI=1S/C17H17N3/c1-4-8-20(9-5-1)17-12-18-15-10-13-6-2-3-7-14(13)11-16(15)19-17/h2-3,6-7,10-12H,1,4-5,8-9H2. The van der Waals surface area contributed by atoms with Crippen LogP contribution in [0.15, 0.2) is 42.6 Å². The van der Waals surface area contributed by atoms with Crippen LogP contribution >= 0.6 is 0 Å². The van der Waals surface area contributed by atoms with Crippen LogP contribution in [0.25, 0.3) is 21.8 Å². The molecule has 1 fully saturated rings. The molecule has 0 atom stereocenters. The molecule has 1 aliphatic rings. The Balaban J connectivity index is 1.83. The molecule has 1 aromatic heterocycles. The summed E-state index contributed by atoms with van der Waals surface area (Å²) in [5, 5.41) is 2.45. The predicted molar refractivity (Wildman–Crippen MR) is 83.1 cm³/mol. The summed E-state index contributed by atoms with van der Waals surface area (Å²) in [7, 11) is 0. The lowest BCUT2D eigenvalue weighted by Gasteiger charge is -2.27. The van der Waals surface area contributed by atoms with E-state index >= 15 is 0 Å². The molecule has 0 amide bonds. The van der Waals surface area contributed by atoms with Crippen LogP contribution in [0.3, 0.4) is 0 Å². The Morgan fingerprint density at radius 2 is 1.55 bits per heavy atom. The lowest BCUT2D eigenvalue weighted by Crippen LogP contribution is -2.30. The number of aromatic nitrogens is 2. The minimum atomic E-state index is 0.976. The minimum Gasteiger partial charge on any atom is -0.355 e. The molecular formula is C17H17N3. The highest BCUT2D eigenvalue weighted by Gasteiger charge is 2.13. The van der Waals surface area contributed by atoms with Crippen molar-refractivity contribution in [2.45, 2.75) is 19.3 Å². The number of benzene rings is 2. The average Bonchev–Trinajstić information content (AvgIpc) is 2.53. The van der Waals surface area contributed by atoms with Crippen LogP contribution in [0.1, 0.15) is 19.3 Å². The molecule has 3 nitrogen and oxygen atoms in total. The molecule has 0 saturated carbocycles. The first-order valence-electron chi connectivity index (χ1n) is 7.31. The number of hydrogen-bond acceptors (Lipinski definition) is 3. The van der Waals surface area contributed by atoms with E-state index in [1.165, 1.54) is 30.0 Å². The third-order valence-electron chi connectivity index (χ3n) is 4.08. The van der Waals surface area contributed by atoms with E-state index in [0.29, 0.717) is 0 Å². The van der Waals surface area contributed by atoms with Gasteiger partial charge in [0.2, 0.25) is 0 Å². The molecule has 2 aromatic carbocycles. The quantitative estimate of drug-likeness (QED) is 0.626. The van der Waals surface area contributed by atoms with Crippen molar-refractivity contribution in [3.05, 3.63) is 42.6 Å². The third-order valence-corrected chi connectivity index (χ3v) is 4.08. The summed E-state index contributed by atoms with van der Waals surface area (Å²) in [6.07, 6.45) is 5.78. The fourth-order valence-electron chi connectivity index (χ4n) is 2.96. The minimum absolute atomic E-state index is 0.976. The second-order valence-electron chi connectivity index (χ2n) is 5.46. The zero-order valence-electron chi connectivity index (χ0n) is 11.4. The monoisotopic (exact) mass is 263 g/mol. The van der Waals surface area contributed by atoms with Crippen molar-refractivity contribution in [2.75, 3.05) is 18.0 Å². The number of anilines is 1. The van der Waals surface area contributed by atoms with Crippen LogP contribution < -0.4 is 4.90 Å². The number of hydrogen-bond donors (Lipinski definition) is 0. The van der Waals surface area contributed by atoms with E-state index in [2.05, 4.69) is 46.3 Å². The fraction of sp³-hybridized carbons (Fsp3) is 0.294. The van der Waals surface area contributed by atoms with Crippen LogP contribution in [0.4, 0.5) is 5.82 Å².